The van der Waals surface area contributed by atoms with Crippen LogP contribution in [0, 0.1) is 11.3 Å². The van der Waals surface area contributed by atoms with Crippen LogP contribution in [0.2, 0.25) is 0 Å². The van der Waals surface area contributed by atoms with Gasteiger partial charge in [0.15, 0.2) is 0 Å². The summed E-state index contributed by atoms with van der Waals surface area (Å²) in [6.45, 7) is 3.81. The molecule has 1 saturated heterocycles. The van der Waals surface area contributed by atoms with Crippen molar-refractivity contribution < 1.29 is 9.21 Å². The fraction of sp³-hybridized carbons (Fsp3) is 0.294. The van der Waals surface area contributed by atoms with Gasteiger partial charge in [0.25, 0.3) is 5.91 Å². The van der Waals surface area contributed by atoms with E-state index in [0.717, 1.165) is 25.4 Å². The molecule has 0 spiro atoms. The molecule has 0 radical (unpaired) electrons. The topological polar surface area (TPSA) is 60.5 Å². The van der Waals surface area contributed by atoms with E-state index in [0.29, 0.717) is 24.2 Å². The van der Waals surface area contributed by atoms with Gasteiger partial charge in [-0.05, 0) is 30.3 Å². The number of rotatable bonds is 3. The molecule has 0 N–H and O–H groups in total. The maximum absolute atomic E-state index is 12.5. The second-order valence-corrected chi connectivity index (χ2v) is 5.34. The molecule has 0 aliphatic carbocycles. The van der Waals surface area contributed by atoms with Gasteiger partial charge >= 0.3 is 0 Å². The van der Waals surface area contributed by atoms with Gasteiger partial charge in [-0.15, -0.1) is 0 Å². The van der Waals surface area contributed by atoms with Gasteiger partial charge in [0.2, 0.25) is 0 Å². The van der Waals surface area contributed by atoms with Crippen LogP contribution in [-0.4, -0.2) is 41.9 Å². The van der Waals surface area contributed by atoms with E-state index in [1.165, 1.54) is 0 Å². The van der Waals surface area contributed by atoms with E-state index in [9.17, 15) is 4.79 Å². The van der Waals surface area contributed by atoms with Crippen molar-refractivity contribution in [2.24, 2.45) is 0 Å². The number of piperazine rings is 1. The minimum atomic E-state index is -0.00486. The zero-order valence-corrected chi connectivity index (χ0v) is 12.2. The predicted molar refractivity (Wildman–Crippen MR) is 81.0 cm³/mol. The number of carbonyl (C=O) groups is 1. The van der Waals surface area contributed by atoms with Crippen LogP contribution >= 0.6 is 0 Å². The quantitative estimate of drug-likeness (QED) is 0.870. The van der Waals surface area contributed by atoms with E-state index >= 15 is 0 Å². The molecular formula is C17H17N3O2. The lowest BCUT2D eigenvalue weighted by molar-refractivity contribution is 0.0620. The lowest BCUT2D eigenvalue weighted by Crippen LogP contribution is -2.48. The normalized spacial score (nSPS) is 15.5. The minimum Gasteiger partial charge on any atom is -0.468 e. The molecule has 1 amide bonds. The van der Waals surface area contributed by atoms with Crippen molar-refractivity contribution in [2.75, 3.05) is 26.2 Å². The van der Waals surface area contributed by atoms with Crippen LogP contribution in [0.3, 0.4) is 0 Å². The van der Waals surface area contributed by atoms with Crippen molar-refractivity contribution in [2.45, 2.75) is 6.54 Å². The highest BCUT2D eigenvalue weighted by molar-refractivity contribution is 5.94. The van der Waals surface area contributed by atoms with Crippen LogP contribution in [0.4, 0.5) is 0 Å². The molecule has 112 valence electrons. The molecule has 1 aliphatic heterocycles. The first-order valence-electron chi connectivity index (χ1n) is 7.30. The molecule has 22 heavy (non-hydrogen) atoms. The highest BCUT2D eigenvalue weighted by atomic mass is 16.3. The molecule has 3 rings (SSSR count). The van der Waals surface area contributed by atoms with Gasteiger partial charge in [-0.2, -0.15) is 5.26 Å². The van der Waals surface area contributed by atoms with Gasteiger partial charge in [-0.1, -0.05) is 6.07 Å². The predicted octanol–water partition coefficient (Wildman–Crippen LogP) is 2.11. The number of carbonyl (C=O) groups excluding carboxylic acids is 1. The summed E-state index contributed by atoms with van der Waals surface area (Å²) < 4.78 is 5.35. The Morgan fingerprint density at radius 2 is 2.00 bits per heavy atom. The average Bonchev–Trinajstić information content (AvgIpc) is 3.08. The van der Waals surface area contributed by atoms with Crippen molar-refractivity contribution >= 4 is 5.91 Å². The second kappa shape index (κ2) is 6.46. The lowest BCUT2D eigenvalue weighted by atomic mass is 10.1. The number of amides is 1. The molecule has 5 nitrogen and oxygen atoms in total. The Hall–Kier alpha value is -2.58. The molecule has 1 fully saturated rings. The van der Waals surface area contributed by atoms with E-state index < -0.39 is 0 Å². The molecule has 5 heteroatoms. The Kier molecular flexibility index (Phi) is 4.22. The number of nitrogens with zero attached hydrogens (tertiary/aromatic N) is 3. The average molecular weight is 295 g/mol. The standard InChI is InChI=1S/C17H17N3O2/c18-12-14-3-1-4-15(11-14)17(21)20-8-6-19(7-9-20)13-16-5-2-10-22-16/h1-5,10-11H,6-9,13H2. The third kappa shape index (κ3) is 3.18. The summed E-state index contributed by atoms with van der Waals surface area (Å²) in [4.78, 5) is 16.6. The Balaban J connectivity index is 1.58. The summed E-state index contributed by atoms with van der Waals surface area (Å²) in [6.07, 6.45) is 1.68. The first kappa shape index (κ1) is 14.4. The van der Waals surface area contributed by atoms with E-state index in [1.54, 1.807) is 30.5 Å². The van der Waals surface area contributed by atoms with Crippen molar-refractivity contribution in [1.29, 1.82) is 5.26 Å². The maximum atomic E-state index is 12.5. The summed E-state index contributed by atoms with van der Waals surface area (Å²) in [5.74, 6) is 0.941. The number of furan rings is 1. The Labute approximate surface area is 129 Å². The van der Waals surface area contributed by atoms with Crippen molar-refractivity contribution in [1.82, 2.24) is 9.80 Å². The Bertz CT molecular complexity index is 680. The molecule has 0 unspecified atom stereocenters. The van der Waals surface area contributed by atoms with Crippen LogP contribution in [0.1, 0.15) is 21.7 Å². The fourth-order valence-electron chi connectivity index (χ4n) is 2.64. The van der Waals surface area contributed by atoms with Gasteiger partial charge in [0.05, 0.1) is 24.4 Å². The van der Waals surface area contributed by atoms with Crippen LogP contribution in [0.15, 0.2) is 47.1 Å². The third-order valence-electron chi connectivity index (χ3n) is 3.86. The lowest BCUT2D eigenvalue weighted by Gasteiger charge is -2.34. The summed E-state index contributed by atoms with van der Waals surface area (Å²) >= 11 is 0. The first-order valence-corrected chi connectivity index (χ1v) is 7.30. The van der Waals surface area contributed by atoms with Gasteiger partial charge in [0.1, 0.15) is 5.76 Å². The number of benzene rings is 1. The van der Waals surface area contributed by atoms with Crippen LogP contribution < -0.4 is 0 Å². The highest BCUT2D eigenvalue weighted by Crippen LogP contribution is 2.13. The zero-order valence-electron chi connectivity index (χ0n) is 12.2. The van der Waals surface area contributed by atoms with E-state index in [1.807, 2.05) is 17.0 Å². The molecule has 0 atom stereocenters. The minimum absolute atomic E-state index is 0.00486. The molecule has 2 aromatic rings. The van der Waals surface area contributed by atoms with Gasteiger partial charge < -0.3 is 9.32 Å². The molecule has 1 aromatic heterocycles. The molecule has 0 saturated carbocycles. The molecule has 2 heterocycles. The zero-order chi connectivity index (χ0) is 15.4. The monoisotopic (exact) mass is 295 g/mol. The molecule has 0 bridgehead atoms. The fourth-order valence-corrected chi connectivity index (χ4v) is 2.64. The number of hydrogen-bond acceptors (Lipinski definition) is 4. The van der Waals surface area contributed by atoms with Crippen LogP contribution in [0.25, 0.3) is 0 Å². The number of nitriles is 1. The highest BCUT2D eigenvalue weighted by Gasteiger charge is 2.22. The summed E-state index contributed by atoms with van der Waals surface area (Å²) in [7, 11) is 0. The van der Waals surface area contributed by atoms with Gasteiger partial charge in [-0.3, -0.25) is 9.69 Å². The van der Waals surface area contributed by atoms with Gasteiger partial charge in [0, 0.05) is 31.7 Å². The van der Waals surface area contributed by atoms with Crippen molar-refractivity contribution in [3.63, 3.8) is 0 Å². The van der Waals surface area contributed by atoms with Crippen molar-refractivity contribution in [3.05, 3.63) is 59.5 Å². The van der Waals surface area contributed by atoms with E-state index in [4.69, 9.17) is 9.68 Å². The molecule has 1 aliphatic rings. The molecule has 1 aromatic carbocycles. The summed E-state index contributed by atoms with van der Waals surface area (Å²) in [5.41, 5.74) is 1.10. The Morgan fingerprint density at radius 3 is 2.68 bits per heavy atom. The third-order valence-corrected chi connectivity index (χ3v) is 3.86. The smallest absolute Gasteiger partial charge is 0.253 e. The first-order chi connectivity index (χ1) is 10.8. The van der Waals surface area contributed by atoms with Crippen molar-refractivity contribution in [3.8, 4) is 6.07 Å². The number of hydrogen-bond donors (Lipinski definition) is 0. The Morgan fingerprint density at radius 1 is 1.18 bits per heavy atom. The SMILES string of the molecule is N#Cc1cccc(C(=O)N2CCN(Cc3ccco3)CC2)c1. The summed E-state index contributed by atoms with van der Waals surface area (Å²) in [6, 6.07) is 12.8. The van der Waals surface area contributed by atoms with Crippen LogP contribution in [-0.2, 0) is 6.54 Å². The van der Waals surface area contributed by atoms with E-state index in [-0.39, 0.29) is 5.91 Å². The largest absolute Gasteiger partial charge is 0.468 e. The second-order valence-electron chi connectivity index (χ2n) is 5.34. The van der Waals surface area contributed by atoms with E-state index in [2.05, 4.69) is 11.0 Å². The molecular weight excluding hydrogens is 278 g/mol. The summed E-state index contributed by atoms with van der Waals surface area (Å²) in [5, 5.41) is 8.92. The van der Waals surface area contributed by atoms with Crippen LogP contribution in [0.5, 0.6) is 0 Å². The maximum Gasteiger partial charge on any atom is 0.253 e. The van der Waals surface area contributed by atoms with Gasteiger partial charge in [-0.25, -0.2) is 0 Å².